The van der Waals surface area contributed by atoms with Gasteiger partial charge in [0.15, 0.2) is 5.82 Å². The molecule has 2 N–H and O–H groups in total. The number of hydrogen-bond acceptors (Lipinski definition) is 2. The molecule has 0 aromatic heterocycles. The summed E-state index contributed by atoms with van der Waals surface area (Å²) in [6.45, 7) is 3.18. The number of benzene rings is 2. The molecule has 0 fully saturated rings. The Bertz CT molecular complexity index is 671. The molecule has 0 saturated heterocycles. The van der Waals surface area contributed by atoms with Gasteiger partial charge in [-0.1, -0.05) is 24.3 Å². The van der Waals surface area contributed by atoms with Gasteiger partial charge in [-0.3, -0.25) is 4.79 Å². The Hall–Kier alpha value is -2.43. The number of carbonyl (C=O) groups is 1. The topological polar surface area (TPSA) is 41.1 Å². The molecule has 0 aliphatic carbocycles. The van der Waals surface area contributed by atoms with Gasteiger partial charge in [-0.25, -0.2) is 8.78 Å². The Morgan fingerprint density at radius 3 is 2.48 bits per heavy atom. The highest BCUT2D eigenvalue weighted by molar-refractivity contribution is 5.94. The maximum absolute atomic E-state index is 13.8. The Kier molecular flexibility index (Phi) is 4.52. The normalized spacial score (nSPS) is 10.3. The van der Waals surface area contributed by atoms with Crippen LogP contribution in [0.2, 0.25) is 0 Å². The van der Waals surface area contributed by atoms with Crippen LogP contribution in [-0.4, -0.2) is 12.5 Å². The first-order valence-electron chi connectivity index (χ1n) is 6.53. The minimum Gasteiger partial charge on any atom is -0.371 e. The zero-order chi connectivity index (χ0) is 15.4. The fourth-order valence-corrected chi connectivity index (χ4v) is 1.89. The van der Waals surface area contributed by atoms with Crippen LogP contribution in [0, 0.1) is 25.5 Å². The van der Waals surface area contributed by atoms with E-state index in [1.807, 2.05) is 19.1 Å². The van der Waals surface area contributed by atoms with Crippen molar-refractivity contribution in [2.75, 3.05) is 17.2 Å². The third-order valence-corrected chi connectivity index (χ3v) is 3.13. The molecule has 1 amide bonds. The number of anilines is 2. The quantitative estimate of drug-likeness (QED) is 0.902. The van der Waals surface area contributed by atoms with Crippen molar-refractivity contribution in [1.82, 2.24) is 0 Å². The number of amides is 1. The average molecular weight is 290 g/mol. The molecule has 0 atom stereocenters. The summed E-state index contributed by atoms with van der Waals surface area (Å²) in [4.78, 5) is 11.8. The molecule has 2 aromatic carbocycles. The van der Waals surface area contributed by atoms with Crippen molar-refractivity contribution in [3.05, 3.63) is 59.2 Å². The lowest BCUT2D eigenvalue weighted by atomic mass is 10.2. The molecule has 0 unspecified atom stereocenters. The molecule has 3 nitrogen and oxygen atoms in total. The predicted molar refractivity (Wildman–Crippen MR) is 79.4 cm³/mol. The number of para-hydroxylation sites is 1. The highest BCUT2D eigenvalue weighted by Crippen LogP contribution is 2.21. The van der Waals surface area contributed by atoms with Crippen molar-refractivity contribution in [1.29, 1.82) is 0 Å². The number of halogens is 2. The molecule has 0 radical (unpaired) electrons. The van der Waals surface area contributed by atoms with Crippen LogP contribution in [0.4, 0.5) is 20.2 Å². The van der Waals surface area contributed by atoms with E-state index in [1.54, 1.807) is 12.1 Å². The largest absolute Gasteiger partial charge is 0.371 e. The minimum absolute atomic E-state index is 0.217. The molecule has 0 heterocycles. The van der Waals surface area contributed by atoms with E-state index in [0.717, 1.165) is 5.56 Å². The Balaban J connectivity index is 2.02. The molecule has 21 heavy (non-hydrogen) atoms. The molecule has 0 bridgehead atoms. The molecule has 5 heteroatoms. The van der Waals surface area contributed by atoms with Gasteiger partial charge in [0.05, 0.1) is 6.54 Å². The van der Waals surface area contributed by atoms with Crippen molar-refractivity contribution >= 4 is 17.3 Å². The molecule has 0 aliphatic rings. The van der Waals surface area contributed by atoms with Gasteiger partial charge in [0.2, 0.25) is 5.91 Å². The third-order valence-electron chi connectivity index (χ3n) is 3.13. The third kappa shape index (κ3) is 3.56. The first-order chi connectivity index (χ1) is 9.99. The van der Waals surface area contributed by atoms with Gasteiger partial charge >= 0.3 is 0 Å². The molecular weight excluding hydrogens is 274 g/mol. The fourth-order valence-electron chi connectivity index (χ4n) is 1.89. The Morgan fingerprint density at radius 1 is 1.05 bits per heavy atom. The van der Waals surface area contributed by atoms with Gasteiger partial charge in [-0.05, 0) is 37.1 Å². The zero-order valence-corrected chi connectivity index (χ0v) is 11.8. The van der Waals surface area contributed by atoms with E-state index in [1.165, 1.54) is 19.1 Å². The van der Waals surface area contributed by atoms with Gasteiger partial charge in [0, 0.05) is 5.69 Å². The van der Waals surface area contributed by atoms with Crippen molar-refractivity contribution in [3.8, 4) is 0 Å². The van der Waals surface area contributed by atoms with Gasteiger partial charge < -0.3 is 10.6 Å². The van der Waals surface area contributed by atoms with E-state index in [-0.39, 0.29) is 18.1 Å². The first-order valence-corrected chi connectivity index (χ1v) is 6.53. The summed E-state index contributed by atoms with van der Waals surface area (Å²) in [5.41, 5.74) is 1.63. The highest BCUT2D eigenvalue weighted by atomic mass is 19.1. The number of carbonyl (C=O) groups excluding carboxylic acids is 1. The van der Waals surface area contributed by atoms with Crippen molar-refractivity contribution in [2.24, 2.45) is 0 Å². The predicted octanol–water partition coefficient (Wildman–Crippen LogP) is 3.63. The van der Waals surface area contributed by atoms with E-state index in [4.69, 9.17) is 0 Å². The van der Waals surface area contributed by atoms with Gasteiger partial charge in [0.1, 0.15) is 11.5 Å². The van der Waals surface area contributed by atoms with E-state index < -0.39 is 11.6 Å². The van der Waals surface area contributed by atoms with Crippen LogP contribution < -0.4 is 10.6 Å². The minimum atomic E-state index is -0.721. The average Bonchev–Trinajstić information content (AvgIpc) is 2.45. The summed E-state index contributed by atoms with van der Waals surface area (Å²) < 4.78 is 27.3. The molecule has 2 rings (SSSR count). The molecule has 0 saturated carbocycles. The number of aryl methyl sites for hydroxylation is 2. The van der Waals surface area contributed by atoms with Crippen LogP contribution in [-0.2, 0) is 4.79 Å². The Morgan fingerprint density at radius 2 is 1.76 bits per heavy atom. The van der Waals surface area contributed by atoms with E-state index in [9.17, 15) is 13.6 Å². The second-order valence-electron chi connectivity index (χ2n) is 4.77. The Labute approximate surface area is 122 Å². The molecule has 0 spiro atoms. The van der Waals surface area contributed by atoms with Crippen LogP contribution in [0.5, 0.6) is 0 Å². The lowest BCUT2D eigenvalue weighted by molar-refractivity contribution is -0.114. The number of nitrogens with one attached hydrogen (secondary N) is 2. The fraction of sp³-hybridized carbons (Fsp3) is 0.188. The van der Waals surface area contributed by atoms with Crippen LogP contribution >= 0.6 is 0 Å². The van der Waals surface area contributed by atoms with Crippen LogP contribution in [0.25, 0.3) is 0 Å². The maximum Gasteiger partial charge on any atom is 0.243 e. The van der Waals surface area contributed by atoms with Gasteiger partial charge in [0.25, 0.3) is 0 Å². The zero-order valence-electron chi connectivity index (χ0n) is 11.8. The molecule has 2 aromatic rings. The summed E-state index contributed by atoms with van der Waals surface area (Å²) in [5, 5.41) is 5.19. The summed E-state index contributed by atoms with van der Waals surface area (Å²) in [6, 6.07) is 9.81. The van der Waals surface area contributed by atoms with Crippen molar-refractivity contribution in [2.45, 2.75) is 13.8 Å². The summed E-state index contributed by atoms with van der Waals surface area (Å²) in [6.07, 6.45) is 0. The first kappa shape index (κ1) is 15.0. The van der Waals surface area contributed by atoms with Crippen molar-refractivity contribution in [3.63, 3.8) is 0 Å². The summed E-state index contributed by atoms with van der Waals surface area (Å²) in [5.74, 6) is -1.77. The second-order valence-corrected chi connectivity index (χ2v) is 4.77. The van der Waals surface area contributed by atoms with E-state index in [0.29, 0.717) is 11.3 Å². The smallest absolute Gasteiger partial charge is 0.243 e. The SMILES string of the molecule is Cc1ccccc1NC(=O)CNc1c(F)ccc(C)c1F. The van der Waals surface area contributed by atoms with Gasteiger partial charge in [-0.2, -0.15) is 0 Å². The van der Waals surface area contributed by atoms with Crippen LogP contribution in [0.15, 0.2) is 36.4 Å². The number of hydrogen-bond donors (Lipinski definition) is 2. The summed E-state index contributed by atoms with van der Waals surface area (Å²) in [7, 11) is 0. The molecule has 0 aliphatic heterocycles. The molecular formula is C16H16F2N2O. The van der Waals surface area contributed by atoms with Gasteiger partial charge in [-0.15, -0.1) is 0 Å². The van der Waals surface area contributed by atoms with Crippen LogP contribution in [0.1, 0.15) is 11.1 Å². The summed E-state index contributed by atoms with van der Waals surface area (Å²) >= 11 is 0. The number of rotatable bonds is 4. The lowest BCUT2D eigenvalue weighted by Crippen LogP contribution is -2.23. The van der Waals surface area contributed by atoms with Crippen LogP contribution in [0.3, 0.4) is 0 Å². The lowest BCUT2D eigenvalue weighted by Gasteiger charge is -2.11. The monoisotopic (exact) mass is 290 g/mol. The highest BCUT2D eigenvalue weighted by Gasteiger charge is 2.12. The maximum atomic E-state index is 13.8. The standard InChI is InChI=1S/C16H16F2N2O/c1-10-5-3-4-6-13(10)20-14(21)9-19-16-12(17)8-7-11(2)15(16)18/h3-8,19H,9H2,1-2H3,(H,20,21). The second kappa shape index (κ2) is 6.35. The van der Waals surface area contributed by atoms with E-state index >= 15 is 0 Å². The van der Waals surface area contributed by atoms with Crippen molar-refractivity contribution < 1.29 is 13.6 Å². The van der Waals surface area contributed by atoms with E-state index in [2.05, 4.69) is 10.6 Å². The molecule has 110 valence electrons.